The molecule has 0 spiro atoms. The van der Waals surface area contributed by atoms with Gasteiger partial charge in [-0.3, -0.25) is 9.36 Å². The number of carbonyl (C=O) groups excluding carboxylic acids is 1. The van der Waals surface area contributed by atoms with E-state index in [4.69, 9.17) is 4.74 Å². The maximum Gasteiger partial charge on any atom is 0.328 e. The monoisotopic (exact) mass is 525 g/mol. The molecule has 8 heteroatoms. The Morgan fingerprint density at radius 1 is 1.10 bits per heavy atom. The van der Waals surface area contributed by atoms with Gasteiger partial charge in [-0.15, -0.1) is 0 Å². The number of nitrogens with one attached hydrogen (secondary N) is 1. The van der Waals surface area contributed by atoms with Gasteiger partial charge in [-0.05, 0) is 68.4 Å². The van der Waals surface area contributed by atoms with E-state index >= 15 is 0 Å². The fourth-order valence-corrected chi connectivity index (χ4v) is 5.43. The van der Waals surface area contributed by atoms with Crippen molar-refractivity contribution in [2.75, 3.05) is 20.7 Å². The molecule has 5 rings (SSSR count). The molecule has 3 heterocycles. The number of rotatable bonds is 9. The third-order valence-corrected chi connectivity index (χ3v) is 7.12. The van der Waals surface area contributed by atoms with Crippen molar-refractivity contribution in [2.24, 2.45) is 7.05 Å². The summed E-state index contributed by atoms with van der Waals surface area (Å²) in [5.74, 6) is -0.359. The Morgan fingerprint density at radius 2 is 1.87 bits per heavy atom. The van der Waals surface area contributed by atoms with Crippen LogP contribution in [-0.2, 0) is 29.5 Å². The van der Waals surface area contributed by atoms with Gasteiger partial charge in [0.15, 0.2) is 5.65 Å². The van der Waals surface area contributed by atoms with E-state index < -0.39 is 6.04 Å². The summed E-state index contributed by atoms with van der Waals surface area (Å²) in [6.45, 7) is 5.16. The zero-order chi connectivity index (χ0) is 27.7. The van der Waals surface area contributed by atoms with Crippen LogP contribution in [-0.4, -0.2) is 50.7 Å². The molecule has 0 aliphatic carbocycles. The summed E-state index contributed by atoms with van der Waals surface area (Å²) in [5.41, 5.74) is 7.33. The molecule has 1 atom stereocenters. The van der Waals surface area contributed by atoms with Crippen LogP contribution in [0.15, 0.2) is 65.6 Å². The number of aromatic nitrogens is 4. The normalized spacial score (nSPS) is 12.5. The van der Waals surface area contributed by atoms with Crippen LogP contribution >= 0.6 is 0 Å². The number of hydrogen-bond acceptors (Lipinski definition) is 5. The topological polar surface area (TPSA) is 85.1 Å². The van der Waals surface area contributed by atoms with Gasteiger partial charge in [-0.1, -0.05) is 36.4 Å². The minimum atomic E-state index is -0.536. The standard InChI is InChI=1S/C31H35N5O3/c1-20-15-22(16-27-29(20)24(18-34(3)4)19-35(27)5)13-14-39-28(37)17-26(23-9-7-6-8-10-23)36-30-25(33-31(36)38)12-11-21(2)32-30/h6-12,15-16,19,26H,13-14,17-18H2,1-5H3,(H,33,38)/t26-/m1/s1. The second-order valence-electron chi connectivity index (χ2n) is 10.5. The molecule has 202 valence electrons. The lowest BCUT2D eigenvalue weighted by Crippen LogP contribution is -2.26. The smallest absolute Gasteiger partial charge is 0.328 e. The van der Waals surface area contributed by atoms with Crippen LogP contribution < -0.4 is 5.69 Å². The molecule has 0 aliphatic heterocycles. The van der Waals surface area contributed by atoms with Crippen molar-refractivity contribution in [3.63, 3.8) is 0 Å². The number of hydrogen-bond donors (Lipinski definition) is 1. The highest BCUT2D eigenvalue weighted by Crippen LogP contribution is 2.28. The van der Waals surface area contributed by atoms with Crippen molar-refractivity contribution < 1.29 is 9.53 Å². The lowest BCUT2D eigenvalue weighted by atomic mass is 10.0. The van der Waals surface area contributed by atoms with Gasteiger partial charge in [-0.2, -0.15) is 0 Å². The molecule has 0 aliphatic rings. The van der Waals surface area contributed by atoms with Gasteiger partial charge >= 0.3 is 11.7 Å². The van der Waals surface area contributed by atoms with E-state index in [1.807, 2.05) is 49.4 Å². The lowest BCUT2D eigenvalue weighted by molar-refractivity contribution is -0.144. The Bertz CT molecular complexity index is 1690. The quantitative estimate of drug-likeness (QED) is 0.283. The van der Waals surface area contributed by atoms with Crippen LogP contribution in [0.5, 0.6) is 0 Å². The molecule has 0 saturated carbocycles. The molecule has 3 aromatic heterocycles. The zero-order valence-electron chi connectivity index (χ0n) is 23.2. The van der Waals surface area contributed by atoms with Gasteiger partial charge in [0, 0.05) is 42.8 Å². The number of ether oxygens (including phenoxy) is 1. The first-order chi connectivity index (χ1) is 18.7. The highest BCUT2D eigenvalue weighted by molar-refractivity contribution is 5.88. The van der Waals surface area contributed by atoms with Crippen molar-refractivity contribution in [1.29, 1.82) is 0 Å². The summed E-state index contributed by atoms with van der Waals surface area (Å²) >= 11 is 0. The van der Waals surface area contributed by atoms with Crippen molar-refractivity contribution in [2.45, 2.75) is 39.3 Å². The van der Waals surface area contributed by atoms with Gasteiger partial charge in [0.25, 0.3) is 0 Å². The second-order valence-corrected chi connectivity index (χ2v) is 10.5. The molecule has 0 unspecified atom stereocenters. The van der Waals surface area contributed by atoms with E-state index in [0.29, 0.717) is 17.6 Å². The number of benzene rings is 2. The van der Waals surface area contributed by atoms with Gasteiger partial charge in [0.1, 0.15) is 0 Å². The number of aryl methyl sites for hydroxylation is 3. The Kier molecular flexibility index (Phi) is 7.39. The largest absolute Gasteiger partial charge is 0.465 e. The van der Waals surface area contributed by atoms with Crippen molar-refractivity contribution in [3.8, 4) is 0 Å². The maximum atomic E-state index is 13.1. The number of carbonyl (C=O) groups is 1. The van der Waals surface area contributed by atoms with Gasteiger partial charge in [-0.25, -0.2) is 9.78 Å². The molecule has 1 N–H and O–H groups in total. The summed E-state index contributed by atoms with van der Waals surface area (Å²) in [5, 5.41) is 1.28. The van der Waals surface area contributed by atoms with Crippen LogP contribution in [0.2, 0.25) is 0 Å². The summed E-state index contributed by atoms with van der Waals surface area (Å²) in [6, 6.07) is 17.1. The molecule has 39 heavy (non-hydrogen) atoms. The van der Waals surface area contributed by atoms with E-state index in [9.17, 15) is 9.59 Å². The van der Waals surface area contributed by atoms with Gasteiger partial charge in [0.2, 0.25) is 0 Å². The Labute approximate surface area is 227 Å². The van der Waals surface area contributed by atoms with Crippen LogP contribution in [0.1, 0.15) is 40.4 Å². The predicted octanol–water partition coefficient (Wildman–Crippen LogP) is 4.66. The van der Waals surface area contributed by atoms with Gasteiger partial charge < -0.3 is 19.2 Å². The van der Waals surface area contributed by atoms with Crippen LogP contribution in [0.25, 0.3) is 22.1 Å². The minimum Gasteiger partial charge on any atom is -0.465 e. The van der Waals surface area contributed by atoms with Crippen LogP contribution in [0.4, 0.5) is 0 Å². The summed E-state index contributed by atoms with van der Waals surface area (Å²) < 4.78 is 9.44. The summed E-state index contributed by atoms with van der Waals surface area (Å²) in [6.07, 6.45) is 2.82. The van der Waals surface area contributed by atoms with Crippen molar-refractivity contribution in [3.05, 3.63) is 99.2 Å². The molecule has 8 nitrogen and oxygen atoms in total. The Hall–Kier alpha value is -4.17. The third-order valence-electron chi connectivity index (χ3n) is 7.12. The highest BCUT2D eigenvalue weighted by Gasteiger charge is 2.24. The molecule has 0 bridgehead atoms. The molecule has 0 fully saturated rings. The third kappa shape index (κ3) is 5.52. The van der Waals surface area contributed by atoms with Crippen molar-refractivity contribution in [1.82, 2.24) is 24.0 Å². The zero-order valence-corrected chi connectivity index (χ0v) is 23.2. The fourth-order valence-electron chi connectivity index (χ4n) is 5.43. The molecule has 0 amide bonds. The highest BCUT2D eigenvalue weighted by atomic mass is 16.5. The van der Waals surface area contributed by atoms with Gasteiger partial charge in [0.05, 0.1) is 24.6 Å². The molecule has 5 aromatic rings. The number of esters is 1. The maximum absolute atomic E-state index is 13.1. The van der Waals surface area contributed by atoms with Crippen LogP contribution in [0, 0.1) is 13.8 Å². The summed E-state index contributed by atoms with van der Waals surface area (Å²) in [4.78, 5) is 35.7. The number of fused-ring (bicyclic) bond motifs is 2. The first-order valence-corrected chi connectivity index (χ1v) is 13.2. The second kappa shape index (κ2) is 10.9. The minimum absolute atomic E-state index is 0.0241. The molecular formula is C31H35N5O3. The lowest BCUT2D eigenvalue weighted by Gasteiger charge is -2.18. The van der Waals surface area contributed by atoms with E-state index in [1.54, 1.807) is 4.57 Å². The van der Waals surface area contributed by atoms with E-state index in [2.05, 4.69) is 65.8 Å². The average molecular weight is 526 g/mol. The Balaban J connectivity index is 1.33. The molecule has 0 radical (unpaired) electrons. The molecular weight excluding hydrogens is 490 g/mol. The van der Waals surface area contributed by atoms with Crippen LogP contribution in [0.3, 0.4) is 0 Å². The summed E-state index contributed by atoms with van der Waals surface area (Å²) in [7, 11) is 6.22. The first kappa shape index (κ1) is 26.4. The van der Waals surface area contributed by atoms with E-state index in [1.165, 1.54) is 22.0 Å². The first-order valence-electron chi connectivity index (χ1n) is 13.2. The number of nitrogens with zero attached hydrogens (tertiary/aromatic N) is 4. The number of pyridine rings is 1. The van der Waals surface area contributed by atoms with Crippen molar-refractivity contribution >= 4 is 28.0 Å². The molecule has 0 saturated heterocycles. The molecule has 2 aromatic carbocycles. The average Bonchev–Trinajstić information content (AvgIpc) is 3.38. The Morgan fingerprint density at radius 3 is 2.62 bits per heavy atom. The van der Waals surface area contributed by atoms with E-state index in [0.717, 1.165) is 23.4 Å². The number of imidazole rings is 1. The SMILES string of the molecule is Cc1ccc2[nH]c(=O)n([C@H](CC(=O)OCCc3cc(C)c4c(CN(C)C)cn(C)c4c3)c3ccccc3)c2n1. The van der Waals surface area contributed by atoms with E-state index in [-0.39, 0.29) is 24.7 Å². The predicted molar refractivity (Wildman–Crippen MR) is 154 cm³/mol. The fraction of sp³-hybridized carbons (Fsp3) is 0.323. The number of H-pyrrole nitrogens is 1. The number of aromatic amines is 1.